The first-order valence-corrected chi connectivity index (χ1v) is 10.8. The van der Waals surface area contributed by atoms with Crippen LogP contribution in [0.15, 0.2) is 27.8 Å². The predicted molar refractivity (Wildman–Crippen MR) is 117 cm³/mol. The molecule has 2 N–H and O–H groups in total. The van der Waals surface area contributed by atoms with E-state index in [-0.39, 0.29) is 16.9 Å². The highest BCUT2D eigenvalue weighted by atomic mass is 32.1. The number of nitrogens with zero attached hydrogens (tertiary/aromatic N) is 4. The molecular formula is C20H23FN6O3S. The molecule has 0 saturated carbocycles. The Morgan fingerprint density at radius 1 is 1.26 bits per heavy atom. The summed E-state index contributed by atoms with van der Waals surface area (Å²) in [6.45, 7) is 5.38. The van der Waals surface area contributed by atoms with Crippen LogP contribution in [0.1, 0.15) is 22.3 Å². The SMILES string of the molecule is CCn1c(=O)[nH]c2sc(CN3CCN(c4ccc(C(=O)NC)nc4F)CC3)cc2c1=O. The first-order chi connectivity index (χ1) is 14.9. The smallest absolute Gasteiger partial charge is 0.329 e. The predicted octanol–water partition coefficient (Wildman–Crippen LogP) is 0.987. The zero-order chi connectivity index (χ0) is 22.1. The van der Waals surface area contributed by atoms with E-state index in [1.54, 1.807) is 13.0 Å². The van der Waals surface area contributed by atoms with Crippen molar-refractivity contribution in [3.05, 3.63) is 55.6 Å². The van der Waals surface area contributed by atoms with Crippen LogP contribution >= 0.6 is 11.3 Å². The molecule has 1 saturated heterocycles. The van der Waals surface area contributed by atoms with Gasteiger partial charge in [-0.2, -0.15) is 4.39 Å². The molecule has 9 nitrogen and oxygen atoms in total. The molecule has 1 amide bonds. The van der Waals surface area contributed by atoms with Crippen molar-refractivity contribution in [3.8, 4) is 0 Å². The summed E-state index contributed by atoms with van der Waals surface area (Å²) in [5.41, 5.74) is -0.226. The van der Waals surface area contributed by atoms with E-state index in [1.807, 2.05) is 11.0 Å². The molecule has 0 unspecified atom stereocenters. The molecule has 0 aromatic carbocycles. The summed E-state index contributed by atoms with van der Waals surface area (Å²) in [5, 5.41) is 2.96. The van der Waals surface area contributed by atoms with Crippen LogP contribution in [0.5, 0.6) is 0 Å². The van der Waals surface area contributed by atoms with Crippen molar-refractivity contribution >= 4 is 33.1 Å². The molecule has 11 heteroatoms. The van der Waals surface area contributed by atoms with Crippen molar-refractivity contribution < 1.29 is 9.18 Å². The van der Waals surface area contributed by atoms with E-state index in [9.17, 15) is 18.8 Å². The minimum Gasteiger partial charge on any atom is -0.365 e. The summed E-state index contributed by atoms with van der Waals surface area (Å²) >= 11 is 1.41. The van der Waals surface area contributed by atoms with Crippen LogP contribution in [0.2, 0.25) is 0 Å². The van der Waals surface area contributed by atoms with Crippen LogP contribution in [-0.2, 0) is 13.1 Å². The van der Waals surface area contributed by atoms with E-state index in [0.717, 1.165) is 4.88 Å². The topological polar surface area (TPSA) is 103 Å². The number of anilines is 1. The number of nitrogens with one attached hydrogen (secondary N) is 2. The van der Waals surface area contributed by atoms with E-state index in [4.69, 9.17) is 0 Å². The molecule has 3 aromatic heterocycles. The number of carbonyl (C=O) groups is 1. The molecule has 0 bridgehead atoms. The molecule has 4 heterocycles. The fourth-order valence-corrected chi connectivity index (χ4v) is 4.83. The van der Waals surface area contributed by atoms with Crippen molar-refractivity contribution in [1.82, 2.24) is 24.8 Å². The number of carbonyl (C=O) groups excluding carboxylic acids is 1. The lowest BCUT2D eigenvalue weighted by Gasteiger charge is -2.35. The van der Waals surface area contributed by atoms with Gasteiger partial charge in [-0.25, -0.2) is 9.78 Å². The quantitative estimate of drug-likeness (QED) is 0.567. The van der Waals surface area contributed by atoms with E-state index >= 15 is 0 Å². The van der Waals surface area contributed by atoms with Crippen molar-refractivity contribution in [2.45, 2.75) is 20.0 Å². The summed E-state index contributed by atoms with van der Waals surface area (Å²) in [5.74, 6) is -1.08. The van der Waals surface area contributed by atoms with Crippen molar-refractivity contribution in [3.63, 3.8) is 0 Å². The van der Waals surface area contributed by atoms with Gasteiger partial charge in [-0.05, 0) is 25.1 Å². The van der Waals surface area contributed by atoms with Crippen LogP contribution in [-0.4, -0.2) is 58.6 Å². The molecule has 0 spiro atoms. The molecule has 31 heavy (non-hydrogen) atoms. The average Bonchev–Trinajstić information content (AvgIpc) is 3.16. The number of rotatable bonds is 5. The molecule has 4 rings (SSSR count). The molecule has 1 aliphatic heterocycles. The zero-order valence-electron chi connectivity index (χ0n) is 17.3. The fourth-order valence-electron chi connectivity index (χ4n) is 3.75. The molecule has 1 fully saturated rings. The van der Waals surface area contributed by atoms with Gasteiger partial charge in [0.15, 0.2) is 0 Å². The number of halogens is 1. The number of aromatic amines is 1. The molecule has 164 valence electrons. The Kier molecular flexibility index (Phi) is 5.88. The van der Waals surface area contributed by atoms with E-state index in [0.29, 0.717) is 55.2 Å². The molecule has 1 aliphatic rings. The first kappa shape index (κ1) is 21.2. The highest BCUT2D eigenvalue weighted by Crippen LogP contribution is 2.24. The van der Waals surface area contributed by atoms with E-state index in [2.05, 4.69) is 20.2 Å². The third-order valence-corrected chi connectivity index (χ3v) is 6.46. The number of aromatic nitrogens is 3. The highest BCUT2D eigenvalue weighted by Gasteiger charge is 2.22. The normalized spacial score (nSPS) is 14.9. The summed E-state index contributed by atoms with van der Waals surface area (Å²) in [6.07, 6.45) is 0. The van der Waals surface area contributed by atoms with Gasteiger partial charge in [-0.1, -0.05) is 0 Å². The number of pyridine rings is 1. The van der Waals surface area contributed by atoms with Gasteiger partial charge in [0.25, 0.3) is 11.5 Å². The molecule has 0 radical (unpaired) electrons. The van der Waals surface area contributed by atoms with Gasteiger partial charge in [0.1, 0.15) is 10.5 Å². The maximum absolute atomic E-state index is 14.4. The Bertz CT molecular complexity index is 1240. The summed E-state index contributed by atoms with van der Waals surface area (Å²) < 4.78 is 15.6. The lowest BCUT2D eigenvalue weighted by Crippen LogP contribution is -2.46. The fraction of sp³-hybridized carbons (Fsp3) is 0.400. The largest absolute Gasteiger partial charge is 0.365 e. The van der Waals surface area contributed by atoms with Crippen LogP contribution in [0.3, 0.4) is 0 Å². The Balaban J connectivity index is 1.44. The summed E-state index contributed by atoms with van der Waals surface area (Å²) in [6, 6.07) is 4.95. The van der Waals surface area contributed by atoms with Gasteiger partial charge in [0.05, 0.1) is 11.1 Å². The van der Waals surface area contributed by atoms with E-state index in [1.165, 1.54) is 29.0 Å². The van der Waals surface area contributed by atoms with Gasteiger partial charge in [-0.15, -0.1) is 11.3 Å². The van der Waals surface area contributed by atoms with Gasteiger partial charge < -0.3 is 10.2 Å². The number of hydrogen-bond donors (Lipinski definition) is 2. The number of thiophene rings is 1. The molecule has 0 aliphatic carbocycles. The Morgan fingerprint density at radius 3 is 2.65 bits per heavy atom. The third-order valence-electron chi connectivity index (χ3n) is 5.42. The minimum absolute atomic E-state index is 0.0484. The van der Waals surface area contributed by atoms with Crippen LogP contribution in [0.4, 0.5) is 10.1 Å². The first-order valence-electron chi connectivity index (χ1n) is 10.0. The summed E-state index contributed by atoms with van der Waals surface area (Å²) in [7, 11) is 1.47. The van der Waals surface area contributed by atoms with Crippen molar-refractivity contribution in [2.24, 2.45) is 0 Å². The van der Waals surface area contributed by atoms with Crippen LogP contribution < -0.4 is 21.5 Å². The Labute approximate surface area is 181 Å². The molecule has 3 aromatic rings. The molecular weight excluding hydrogens is 423 g/mol. The number of fused-ring (bicyclic) bond motifs is 1. The lowest BCUT2D eigenvalue weighted by atomic mass is 10.2. The van der Waals surface area contributed by atoms with Crippen molar-refractivity contribution in [1.29, 1.82) is 0 Å². The van der Waals surface area contributed by atoms with Gasteiger partial charge in [-0.3, -0.25) is 24.0 Å². The van der Waals surface area contributed by atoms with E-state index < -0.39 is 11.9 Å². The Morgan fingerprint density at radius 2 is 2.00 bits per heavy atom. The van der Waals surface area contributed by atoms with Gasteiger partial charge in [0.2, 0.25) is 5.95 Å². The Hall–Kier alpha value is -3.05. The minimum atomic E-state index is -0.657. The highest BCUT2D eigenvalue weighted by molar-refractivity contribution is 7.18. The zero-order valence-corrected chi connectivity index (χ0v) is 18.1. The number of hydrogen-bond acceptors (Lipinski definition) is 7. The van der Waals surface area contributed by atoms with Crippen LogP contribution in [0, 0.1) is 5.95 Å². The monoisotopic (exact) mass is 446 g/mol. The van der Waals surface area contributed by atoms with Gasteiger partial charge >= 0.3 is 5.69 Å². The average molecular weight is 447 g/mol. The second-order valence-electron chi connectivity index (χ2n) is 7.28. The summed E-state index contributed by atoms with van der Waals surface area (Å²) in [4.78, 5) is 48.3. The lowest BCUT2D eigenvalue weighted by molar-refractivity contribution is 0.0957. The second kappa shape index (κ2) is 8.60. The number of H-pyrrole nitrogens is 1. The standard InChI is InChI=1S/C20H23FN6O3S/c1-3-27-19(29)13-10-12(31-18(13)24-20(27)30)11-25-6-8-26(9-7-25)15-5-4-14(17(28)22-2)23-16(15)21/h4-5,10H,3,6-9,11H2,1-2H3,(H,22,28)(H,24,30). The maximum Gasteiger partial charge on any atom is 0.329 e. The van der Waals surface area contributed by atoms with Gasteiger partial charge in [0, 0.05) is 51.2 Å². The maximum atomic E-state index is 14.4. The number of amides is 1. The second-order valence-corrected chi connectivity index (χ2v) is 8.42. The van der Waals surface area contributed by atoms with Crippen molar-refractivity contribution in [2.75, 3.05) is 38.1 Å². The van der Waals surface area contributed by atoms with Crippen LogP contribution in [0.25, 0.3) is 10.2 Å². The number of piperazine rings is 1. The third kappa shape index (κ3) is 4.10. The molecule has 0 atom stereocenters.